The van der Waals surface area contributed by atoms with Crippen LogP contribution in [0.3, 0.4) is 0 Å². The number of hydrogen-bond acceptors (Lipinski definition) is 3. The predicted octanol–water partition coefficient (Wildman–Crippen LogP) is 1.20. The molecule has 82 valence electrons. The average Bonchev–Trinajstić information content (AvgIpc) is 2.14. The highest BCUT2D eigenvalue weighted by atomic mass is 19.1. The molecule has 0 aliphatic carbocycles. The van der Waals surface area contributed by atoms with Gasteiger partial charge in [-0.05, 0) is 23.3 Å². The number of halogens is 1. The lowest BCUT2D eigenvalue weighted by molar-refractivity contribution is -0.135. The lowest BCUT2D eigenvalue weighted by atomic mass is 10.1. The smallest absolute Gasteiger partial charge is 0.123 e. The summed E-state index contributed by atoms with van der Waals surface area (Å²) in [7, 11) is 0. The number of ether oxygens (including phenoxy) is 2. The summed E-state index contributed by atoms with van der Waals surface area (Å²) in [6, 6.07) is 4.78. The maximum Gasteiger partial charge on any atom is 0.123 e. The lowest BCUT2D eigenvalue weighted by Gasteiger charge is -2.26. The summed E-state index contributed by atoms with van der Waals surface area (Å²) in [5.74, 6) is -0.263. The van der Waals surface area contributed by atoms with Gasteiger partial charge in [0.2, 0.25) is 0 Å². The molecule has 1 aromatic rings. The summed E-state index contributed by atoms with van der Waals surface area (Å²) in [4.78, 5) is 0. The number of nitrogens with two attached hydrogens (primary N) is 1. The second-order valence-corrected chi connectivity index (χ2v) is 3.64. The van der Waals surface area contributed by atoms with E-state index >= 15 is 0 Å². The van der Waals surface area contributed by atoms with Crippen LogP contribution in [-0.4, -0.2) is 19.3 Å². The fraction of sp³-hybridized carbons (Fsp3) is 0.455. The van der Waals surface area contributed by atoms with E-state index in [0.29, 0.717) is 26.4 Å². The Kier molecular flexibility index (Phi) is 3.30. The van der Waals surface area contributed by atoms with Gasteiger partial charge in [0.25, 0.3) is 0 Å². The molecule has 0 aromatic heterocycles. The maximum atomic E-state index is 13.1. The minimum Gasteiger partial charge on any atom is -0.376 e. The molecule has 15 heavy (non-hydrogen) atoms. The maximum absolute atomic E-state index is 13.1. The van der Waals surface area contributed by atoms with Crippen molar-refractivity contribution in [2.45, 2.75) is 19.3 Å². The zero-order chi connectivity index (χ0) is 10.7. The molecule has 0 radical (unpaired) electrons. The normalized spacial score (nSPS) is 16.4. The van der Waals surface area contributed by atoms with Gasteiger partial charge in [0.15, 0.2) is 0 Å². The van der Waals surface area contributed by atoms with Crippen molar-refractivity contribution < 1.29 is 13.9 Å². The summed E-state index contributed by atoms with van der Waals surface area (Å²) in [5, 5.41) is 0. The number of rotatable bonds is 4. The first-order valence-corrected chi connectivity index (χ1v) is 4.95. The van der Waals surface area contributed by atoms with Crippen LogP contribution in [0.1, 0.15) is 11.1 Å². The van der Waals surface area contributed by atoms with Gasteiger partial charge < -0.3 is 15.2 Å². The number of benzene rings is 1. The molecule has 3 nitrogen and oxygen atoms in total. The van der Waals surface area contributed by atoms with Crippen molar-refractivity contribution >= 4 is 0 Å². The molecule has 1 aliphatic heterocycles. The van der Waals surface area contributed by atoms with Crippen LogP contribution < -0.4 is 5.73 Å². The summed E-state index contributed by atoms with van der Waals surface area (Å²) >= 11 is 0. The van der Waals surface area contributed by atoms with Crippen molar-refractivity contribution in [3.63, 3.8) is 0 Å². The van der Waals surface area contributed by atoms with Crippen molar-refractivity contribution in [2.75, 3.05) is 13.2 Å². The zero-order valence-corrected chi connectivity index (χ0v) is 8.41. The molecule has 0 spiro atoms. The van der Waals surface area contributed by atoms with Gasteiger partial charge in [-0.2, -0.15) is 0 Å². The molecule has 4 heteroatoms. The van der Waals surface area contributed by atoms with E-state index in [-0.39, 0.29) is 11.9 Å². The Bertz CT molecular complexity index is 339. The van der Waals surface area contributed by atoms with Gasteiger partial charge in [0.1, 0.15) is 11.9 Å². The second kappa shape index (κ2) is 4.70. The topological polar surface area (TPSA) is 44.5 Å². The first-order chi connectivity index (χ1) is 7.28. The molecule has 1 heterocycles. The Morgan fingerprint density at radius 2 is 2.07 bits per heavy atom. The van der Waals surface area contributed by atoms with Crippen molar-refractivity contribution in [1.82, 2.24) is 0 Å². The monoisotopic (exact) mass is 211 g/mol. The first-order valence-electron chi connectivity index (χ1n) is 4.95. The summed E-state index contributed by atoms with van der Waals surface area (Å²) in [6.45, 7) is 2.04. The van der Waals surface area contributed by atoms with Gasteiger partial charge in [-0.25, -0.2) is 4.39 Å². The molecule has 1 fully saturated rings. The Morgan fingerprint density at radius 3 is 2.67 bits per heavy atom. The SMILES string of the molecule is NCc1cc(F)cc(COC2COC2)c1. The van der Waals surface area contributed by atoms with Crippen molar-refractivity contribution in [1.29, 1.82) is 0 Å². The zero-order valence-electron chi connectivity index (χ0n) is 8.41. The van der Waals surface area contributed by atoms with E-state index in [4.69, 9.17) is 15.2 Å². The largest absolute Gasteiger partial charge is 0.376 e. The molecule has 1 aliphatic rings. The van der Waals surface area contributed by atoms with Gasteiger partial charge in [-0.3, -0.25) is 0 Å². The van der Waals surface area contributed by atoms with Gasteiger partial charge in [-0.15, -0.1) is 0 Å². The van der Waals surface area contributed by atoms with Gasteiger partial charge in [-0.1, -0.05) is 6.07 Å². The highest BCUT2D eigenvalue weighted by Crippen LogP contribution is 2.13. The van der Waals surface area contributed by atoms with Crippen LogP contribution in [0.2, 0.25) is 0 Å². The van der Waals surface area contributed by atoms with E-state index in [1.54, 1.807) is 0 Å². The third-order valence-electron chi connectivity index (χ3n) is 2.35. The molecule has 2 N–H and O–H groups in total. The Balaban J connectivity index is 1.96. The third kappa shape index (κ3) is 2.75. The molecule has 2 rings (SSSR count). The Labute approximate surface area is 88.0 Å². The van der Waals surface area contributed by atoms with E-state index in [9.17, 15) is 4.39 Å². The molecule has 1 saturated heterocycles. The minimum absolute atomic E-state index is 0.162. The van der Waals surface area contributed by atoms with Crippen LogP contribution in [-0.2, 0) is 22.6 Å². The summed E-state index contributed by atoms with van der Waals surface area (Å²) in [5.41, 5.74) is 7.07. The van der Waals surface area contributed by atoms with Crippen molar-refractivity contribution in [2.24, 2.45) is 5.73 Å². The van der Waals surface area contributed by atoms with Crippen LogP contribution in [0.15, 0.2) is 18.2 Å². The Morgan fingerprint density at radius 1 is 1.33 bits per heavy atom. The highest BCUT2D eigenvalue weighted by molar-refractivity contribution is 5.24. The highest BCUT2D eigenvalue weighted by Gasteiger charge is 2.18. The lowest BCUT2D eigenvalue weighted by Crippen LogP contribution is -2.35. The quantitative estimate of drug-likeness (QED) is 0.813. The van der Waals surface area contributed by atoms with Crippen LogP contribution in [0, 0.1) is 5.82 Å². The second-order valence-electron chi connectivity index (χ2n) is 3.64. The van der Waals surface area contributed by atoms with E-state index in [1.807, 2.05) is 6.07 Å². The van der Waals surface area contributed by atoms with Crippen LogP contribution in [0.5, 0.6) is 0 Å². The van der Waals surface area contributed by atoms with E-state index in [1.165, 1.54) is 12.1 Å². The molecule has 0 saturated carbocycles. The molecule has 1 aromatic carbocycles. The summed E-state index contributed by atoms with van der Waals surface area (Å²) in [6.07, 6.45) is 0.162. The first kappa shape index (κ1) is 10.5. The van der Waals surface area contributed by atoms with Crippen LogP contribution in [0.25, 0.3) is 0 Å². The minimum atomic E-state index is -0.263. The van der Waals surface area contributed by atoms with Gasteiger partial charge in [0, 0.05) is 6.54 Å². The molecule has 0 bridgehead atoms. The predicted molar refractivity (Wildman–Crippen MR) is 53.7 cm³/mol. The molecule has 0 amide bonds. The fourth-order valence-electron chi connectivity index (χ4n) is 1.44. The van der Waals surface area contributed by atoms with E-state index < -0.39 is 0 Å². The molecular weight excluding hydrogens is 197 g/mol. The Hall–Kier alpha value is -0.970. The standard InChI is InChI=1S/C11H14FNO2/c12-10-2-8(4-13)1-9(3-10)5-15-11-6-14-7-11/h1-3,11H,4-7,13H2. The van der Waals surface area contributed by atoms with Crippen molar-refractivity contribution in [3.8, 4) is 0 Å². The third-order valence-corrected chi connectivity index (χ3v) is 2.35. The van der Waals surface area contributed by atoms with Gasteiger partial charge in [0.05, 0.1) is 19.8 Å². The number of hydrogen-bond donors (Lipinski definition) is 1. The van der Waals surface area contributed by atoms with Crippen LogP contribution in [0.4, 0.5) is 4.39 Å². The fourth-order valence-corrected chi connectivity index (χ4v) is 1.44. The van der Waals surface area contributed by atoms with E-state index in [2.05, 4.69) is 0 Å². The van der Waals surface area contributed by atoms with E-state index in [0.717, 1.165) is 11.1 Å². The van der Waals surface area contributed by atoms with Gasteiger partial charge >= 0.3 is 0 Å². The van der Waals surface area contributed by atoms with Crippen LogP contribution >= 0.6 is 0 Å². The molecular formula is C11H14FNO2. The summed E-state index contributed by atoms with van der Waals surface area (Å²) < 4.78 is 23.6. The average molecular weight is 211 g/mol. The molecule has 0 atom stereocenters. The van der Waals surface area contributed by atoms with Crippen molar-refractivity contribution in [3.05, 3.63) is 35.1 Å². The molecule has 0 unspecified atom stereocenters.